The Hall–Kier alpha value is -1.68. The maximum Gasteiger partial charge on any atom is 0.230 e. The van der Waals surface area contributed by atoms with E-state index in [9.17, 15) is 4.79 Å². The van der Waals surface area contributed by atoms with Crippen LogP contribution >= 0.6 is 46.0 Å². The highest BCUT2D eigenvalue weighted by molar-refractivity contribution is 8.00. The van der Waals surface area contributed by atoms with Gasteiger partial charge in [0, 0.05) is 31.1 Å². The standard InChI is InChI=1S/C20H22ClN5OS3/c1-12-8-13(2)17(16(21)9-12)26(14(3)27)18-22-15(10-28-18)11-29-20-24-23-19(30-20)25-6-4-5-7-25/h8-10H,4-7,11H2,1-3H3. The molecule has 1 saturated heterocycles. The Balaban J connectivity index is 1.49. The van der Waals surface area contributed by atoms with Crippen molar-refractivity contribution < 1.29 is 4.79 Å². The van der Waals surface area contributed by atoms with Crippen LogP contribution in [0.25, 0.3) is 0 Å². The van der Waals surface area contributed by atoms with Crippen LogP contribution in [0.15, 0.2) is 21.9 Å². The van der Waals surface area contributed by atoms with Crippen LogP contribution in [-0.2, 0) is 10.5 Å². The molecule has 0 atom stereocenters. The summed E-state index contributed by atoms with van der Waals surface area (Å²) in [6.07, 6.45) is 2.45. The molecule has 2 aromatic heterocycles. The summed E-state index contributed by atoms with van der Waals surface area (Å²) in [7, 11) is 0. The maximum atomic E-state index is 12.5. The van der Waals surface area contributed by atoms with Crippen molar-refractivity contribution >= 4 is 67.9 Å². The molecule has 0 saturated carbocycles. The van der Waals surface area contributed by atoms with Crippen LogP contribution in [0.1, 0.15) is 36.6 Å². The van der Waals surface area contributed by atoms with Crippen molar-refractivity contribution in [1.82, 2.24) is 15.2 Å². The summed E-state index contributed by atoms with van der Waals surface area (Å²) in [5.41, 5.74) is 3.61. The van der Waals surface area contributed by atoms with Gasteiger partial charge in [-0.1, -0.05) is 40.8 Å². The van der Waals surface area contributed by atoms with Gasteiger partial charge in [-0.3, -0.25) is 9.69 Å². The van der Waals surface area contributed by atoms with E-state index >= 15 is 0 Å². The third-order valence-corrected chi connectivity index (χ3v) is 8.10. The topological polar surface area (TPSA) is 62.2 Å². The molecule has 1 aliphatic rings. The predicted octanol–water partition coefficient (Wildman–Crippen LogP) is 5.84. The van der Waals surface area contributed by atoms with Crippen LogP contribution < -0.4 is 9.80 Å². The van der Waals surface area contributed by atoms with E-state index in [0.717, 1.165) is 39.4 Å². The van der Waals surface area contributed by atoms with Gasteiger partial charge < -0.3 is 4.90 Å². The fraction of sp³-hybridized carbons (Fsp3) is 0.400. The average Bonchev–Trinajstić information content (AvgIpc) is 3.44. The second kappa shape index (κ2) is 9.21. The van der Waals surface area contributed by atoms with Crippen LogP contribution in [0.5, 0.6) is 0 Å². The predicted molar refractivity (Wildman–Crippen MR) is 127 cm³/mol. The summed E-state index contributed by atoms with van der Waals surface area (Å²) < 4.78 is 0.937. The lowest BCUT2D eigenvalue weighted by molar-refractivity contribution is -0.115. The number of aryl methyl sites for hydroxylation is 2. The zero-order valence-corrected chi connectivity index (χ0v) is 20.2. The second-order valence-corrected chi connectivity index (χ2v) is 10.6. The first kappa shape index (κ1) is 21.5. The number of rotatable bonds is 6. The van der Waals surface area contributed by atoms with Crippen molar-refractivity contribution in [3.8, 4) is 0 Å². The molecule has 0 aliphatic carbocycles. The number of carbonyl (C=O) groups excluding carboxylic acids is 1. The number of carbonyl (C=O) groups is 1. The zero-order valence-electron chi connectivity index (χ0n) is 17.0. The Bertz CT molecular complexity index is 1040. The molecule has 0 spiro atoms. The van der Waals surface area contributed by atoms with E-state index in [0.29, 0.717) is 21.6 Å². The number of thiazole rings is 1. The van der Waals surface area contributed by atoms with Crippen molar-refractivity contribution in [3.05, 3.63) is 39.4 Å². The number of nitrogens with zero attached hydrogens (tertiary/aromatic N) is 5. The highest BCUT2D eigenvalue weighted by Crippen LogP contribution is 2.38. The lowest BCUT2D eigenvalue weighted by Gasteiger charge is -2.22. The molecule has 4 rings (SSSR count). The van der Waals surface area contributed by atoms with Gasteiger partial charge in [-0.25, -0.2) is 4.98 Å². The van der Waals surface area contributed by atoms with Gasteiger partial charge in [0.05, 0.1) is 16.4 Å². The summed E-state index contributed by atoms with van der Waals surface area (Å²) >= 11 is 11.2. The minimum absolute atomic E-state index is 0.114. The van der Waals surface area contributed by atoms with Crippen molar-refractivity contribution in [2.45, 2.75) is 43.7 Å². The summed E-state index contributed by atoms with van der Waals surface area (Å²) in [5, 5.41) is 12.8. The fourth-order valence-electron chi connectivity index (χ4n) is 3.48. The lowest BCUT2D eigenvalue weighted by atomic mass is 10.1. The van der Waals surface area contributed by atoms with Gasteiger partial charge in [0.15, 0.2) is 9.47 Å². The monoisotopic (exact) mass is 479 g/mol. The van der Waals surface area contributed by atoms with E-state index in [4.69, 9.17) is 16.6 Å². The molecule has 0 unspecified atom stereocenters. The summed E-state index contributed by atoms with van der Waals surface area (Å²) in [4.78, 5) is 21.1. The Morgan fingerprint density at radius 2 is 2.03 bits per heavy atom. The van der Waals surface area contributed by atoms with E-state index in [-0.39, 0.29) is 5.91 Å². The Morgan fingerprint density at radius 3 is 2.73 bits per heavy atom. The van der Waals surface area contributed by atoms with Gasteiger partial charge in [0.1, 0.15) is 0 Å². The van der Waals surface area contributed by atoms with Crippen molar-refractivity contribution in [1.29, 1.82) is 0 Å². The number of hydrogen-bond acceptors (Lipinski definition) is 8. The fourth-order valence-corrected chi connectivity index (χ4v) is 6.65. The van der Waals surface area contributed by atoms with Crippen LogP contribution in [-0.4, -0.2) is 34.2 Å². The van der Waals surface area contributed by atoms with Crippen LogP contribution in [0.4, 0.5) is 16.0 Å². The van der Waals surface area contributed by atoms with E-state index in [1.165, 1.54) is 31.1 Å². The molecular weight excluding hydrogens is 458 g/mol. The first-order valence-corrected chi connectivity index (χ1v) is 12.7. The van der Waals surface area contributed by atoms with Gasteiger partial charge in [0.2, 0.25) is 11.0 Å². The molecule has 1 aromatic carbocycles. The quantitative estimate of drug-likeness (QED) is 0.414. The molecule has 0 radical (unpaired) electrons. The van der Waals surface area contributed by atoms with Crippen molar-refractivity contribution in [2.75, 3.05) is 22.9 Å². The highest BCUT2D eigenvalue weighted by Gasteiger charge is 2.23. The van der Waals surface area contributed by atoms with Crippen LogP contribution in [0.3, 0.4) is 0 Å². The zero-order chi connectivity index (χ0) is 21.3. The molecule has 1 aliphatic heterocycles. The molecule has 10 heteroatoms. The molecule has 3 aromatic rings. The molecule has 30 heavy (non-hydrogen) atoms. The van der Waals surface area contributed by atoms with E-state index in [2.05, 4.69) is 15.1 Å². The molecule has 3 heterocycles. The first-order chi connectivity index (χ1) is 14.4. The third-order valence-electron chi connectivity index (χ3n) is 4.78. The molecule has 0 N–H and O–H groups in total. The van der Waals surface area contributed by atoms with Gasteiger partial charge in [-0.05, 0) is 43.9 Å². The number of anilines is 3. The summed E-state index contributed by atoms with van der Waals surface area (Å²) in [6.45, 7) is 7.61. The number of hydrogen-bond donors (Lipinski definition) is 0. The molecular formula is C20H22ClN5OS3. The largest absolute Gasteiger partial charge is 0.347 e. The Labute approximate surface area is 193 Å². The van der Waals surface area contributed by atoms with Crippen LogP contribution in [0, 0.1) is 13.8 Å². The first-order valence-electron chi connectivity index (χ1n) is 9.65. The van der Waals surface area contributed by atoms with Gasteiger partial charge in [-0.2, -0.15) is 0 Å². The summed E-state index contributed by atoms with van der Waals surface area (Å²) in [6, 6.07) is 3.90. The van der Waals surface area contributed by atoms with E-state index in [1.54, 1.807) is 28.0 Å². The molecule has 6 nitrogen and oxygen atoms in total. The van der Waals surface area contributed by atoms with Gasteiger partial charge in [0.25, 0.3) is 0 Å². The van der Waals surface area contributed by atoms with Gasteiger partial charge >= 0.3 is 0 Å². The number of aromatic nitrogens is 3. The average molecular weight is 480 g/mol. The smallest absolute Gasteiger partial charge is 0.230 e. The van der Waals surface area contributed by atoms with Crippen LogP contribution in [0.2, 0.25) is 5.02 Å². The minimum atomic E-state index is -0.114. The number of benzene rings is 1. The molecule has 1 amide bonds. The van der Waals surface area contributed by atoms with Gasteiger partial charge in [-0.15, -0.1) is 21.5 Å². The SMILES string of the molecule is CC(=O)N(c1nc(CSc2nnc(N3CCCC3)s2)cs1)c1c(C)cc(C)cc1Cl. The lowest BCUT2D eigenvalue weighted by Crippen LogP contribution is -2.24. The second-order valence-electron chi connectivity index (χ2n) is 7.22. The highest BCUT2D eigenvalue weighted by atomic mass is 35.5. The molecule has 158 valence electrons. The molecule has 1 fully saturated rings. The Kier molecular flexibility index (Phi) is 6.62. The maximum absolute atomic E-state index is 12.5. The minimum Gasteiger partial charge on any atom is -0.347 e. The number of thioether (sulfide) groups is 1. The Morgan fingerprint density at radius 1 is 1.27 bits per heavy atom. The normalized spacial score (nSPS) is 13.8. The van der Waals surface area contributed by atoms with E-state index < -0.39 is 0 Å². The van der Waals surface area contributed by atoms with E-state index in [1.807, 2.05) is 31.4 Å². The van der Waals surface area contributed by atoms with Crippen molar-refractivity contribution in [3.63, 3.8) is 0 Å². The number of halogens is 1. The third kappa shape index (κ3) is 4.64. The summed E-state index contributed by atoms with van der Waals surface area (Å²) in [5.74, 6) is 0.564. The molecule has 0 bridgehead atoms. The number of amides is 1. The van der Waals surface area contributed by atoms with Crippen molar-refractivity contribution in [2.24, 2.45) is 0 Å².